The van der Waals surface area contributed by atoms with Crippen molar-refractivity contribution >= 4 is 0 Å². The van der Waals surface area contributed by atoms with E-state index in [1.54, 1.807) is 11.8 Å². The van der Waals surface area contributed by atoms with Crippen molar-refractivity contribution in [1.29, 1.82) is 0 Å². The fraction of sp³-hybridized carbons (Fsp3) is 0.727. The van der Waals surface area contributed by atoms with Gasteiger partial charge in [-0.05, 0) is 6.42 Å². The molecule has 1 heterocycles. The Morgan fingerprint density at radius 3 is 3.06 bits per heavy atom. The van der Waals surface area contributed by atoms with E-state index in [0.29, 0.717) is 12.6 Å². The third-order valence-corrected chi connectivity index (χ3v) is 2.47. The summed E-state index contributed by atoms with van der Waals surface area (Å²) in [6, 6.07) is 0.381. The van der Waals surface area contributed by atoms with Crippen molar-refractivity contribution in [3.05, 3.63) is 18.0 Å². The van der Waals surface area contributed by atoms with Crippen molar-refractivity contribution < 1.29 is 9.84 Å². The highest BCUT2D eigenvalue weighted by Crippen LogP contribution is 1.99. The minimum Gasteiger partial charge on any atom is -0.394 e. The number of aromatic nitrogens is 2. The monoisotopic (exact) mass is 227 g/mol. The number of ether oxygens (including phenoxy) is 1. The average molecular weight is 227 g/mol. The van der Waals surface area contributed by atoms with Crippen LogP contribution in [0.3, 0.4) is 0 Å². The lowest BCUT2D eigenvalue weighted by atomic mass is 10.2. The van der Waals surface area contributed by atoms with Gasteiger partial charge in [0.1, 0.15) is 0 Å². The van der Waals surface area contributed by atoms with E-state index in [1.165, 1.54) is 0 Å². The van der Waals surface area contributed by atoms with Crippen LogP contribution in [0.2, 0.25) is 0 Å². The van der Waals surface area contributed by atoms with Crippen molar-refractivity contribution in [2.45, 2.75) is 32.5 Å². The van der Waals surface area contributed by atoms with Gasteiger partial charge in [-0.15, -0.1) is 0 Å². The van der Waals surface area contributed by atoms with Gasteiger partial charge in [-0.2, -0.15) is 5.10 Å². The third kappa shape index (κ3) is 4.30. The summed E-state index contributed by atoms with van der Waals surface area (Å²) in [5.41, 5.74) is 1.13. The molecule has 16 heavy (non-hydrogen) atoms. The first kappa shape index (κ1) is 13.2. The molecule has 0 aliphatic rings. The molecule has 0 saturated carbocycles. The minimum atomic E-state index is 0.121. The Balaban J connectivity index is 2.34. The van der Waals surface area contributed by atoms with Crippen molar-refractivity contribution in [3.63, 3.8) is 0 Å². The zero-order valence-corrected chi connectivity index (χ0v) is 10.0. The largest absolute Gasteiger partial charge is 0.394 e. The van der Waals surface area contributed by atoms with E-state index < -0.39 is 0 Å². The van der Waals surface area contributed by atoms with Gasteiger partial charge in [0, 0.05) is 31.5 Å². The molecule has 0 aliphatic carbocycles. The summed E-state index contributed by atoms with van der Waals surface area (Å²) in [6.45, 7) is 4.31. The van der Waals surface area contributed by atoms with Gasteiger partial charge >= 0.3 is 0 Å². The molecule has 0 saturated heterocycles. The molecule has 0 aromatic carbocycles. The molecule has 92 valence electrons. The summed E-state index contributed by atoms with van der Waals surface area (Å²) in [4.78, 5) is 0. The van der Waals surface area contributed by atoms with Gasteiger partial charge in [-0.1, -0.05) is 6.92 Å². The van der Waals surface area contributed by atoms with Crippen LogP contribution in [-0.2, 0) is 17.8 Å². The standard InChI is InChI=1S/C11H21N3O2/c1-3-11(9-16-2)12-6-10-7-13-14(8-10)4-5-15/h7-8,11-12,15H,3-6,9H2,1-2H3. The van der Waals surface area contributed by atoms with Crippen molar-refractivity contribution in [2.24, 2.45) is 0 Å². The van der Waals surface area contributed by atoms with Gasteiger partial charge in [0.05, 0.1) is 26.0 Å². The Labute approximate surface area is 96.4 Å². The molecule has 1 atom stereocenters. The number of hydrogen-bond acceptors (Lipinski definition) is 4. The van der Waals surface area contributed by atoms with Crippen LogP contribution >= 0.6 is 0 Å². The molecule has 0 bridgehead atoms. The van der Waals surface area contributed by atoms with Crippen molar-refractivity contribution in [2.75, 3.05) is 20.3 Å². The number of nitrogens with zero attached hydrogens (tertiary/aromatic N) is 2. The Kier molecular flexibility index (Phi) is 6.07. The second kappa shape index (κ2) is 7.38. The Morgan fingerprint density at radius 2 is 2.44 bits per heavy atom. The van der Waals surface area contributed by atoms with Crippen LogP contribution in [0.5, 0.6) is 0 Å². The molecule has 1 rings (SSSR count). The van der Waals surface area contributed by atoms with E-state index in [2.05, 4.69) is 17.3 Å². The Morgan fingerprint density at radius 1 is 1.62 bits per heavy atom. The first-order chi connectivity index (χ1) is 7.80. The maximum Gasteiger partial charge on any atom is 0.0640 e. The molecule has 5 nitrogen and oxygen atoms in total. The molecule has 1 unspecified atom stereocenters. The second-order valence-corrected chi connectivity index (χ2v) is 3.78. The lowest BCUT2D eigenvalue weighted by molar-refractivity contribution is 0.164. The normalized spacial score (nSPS) is 12.9. The molecule has 5 heteroatoms. The average Bonchev–Trinajstić information content (AvgIpc) is 2.72. The van der Waals surface area contributed by atoms with Crippen LogP contribution in [-0.4, -0.2) is 41.3 Å². The highest BCUT2D eigenvalue weighted by molar-refractivity contribution is 5.03. The number of aliphatic hydroxyl groups excluding tert-OH is 1. The van der Waals surface area contributed by atoms with Crippen LogP contribution in [0, 0.1) is 0 Å². The van der Waals surface area contributed by atoms with E-state index in [9.17, 15) is 0 Å². The summed E-state index contributed by atoms with van der Waals surface area (Å²) in [6.07, 6.45) is 4.81. The molecular formula is C11H21N3O2. The molecule has 0 amide bonds. The molecule has 0 fully saturated rings. The van der Waals surface area contributed by atoms with Gasteiger partial charge in [-0.25, -0.2) is 0 Å². The maximum absolute atomic E-state index is 8.76. The molecule has 0 radical (unpaired) electrons. The fourth-order valence-electron chi connectivity index (χ4n) is 1.51. The smallest absolute Gasteiger partial charge is 0.0640 e. The Bertz CT molecular complexity index is 289. The molecule has 0 spiro atoms. The zero-order chi connectivity index (χ0) is 11.8. The van der Waals surface area contributed by atoms with E-state index in [4.69, 9.17) is 9.84 Å². The Hall–Kier alpha value is -0.910. The summed E-state index contributed by atoms with van der Waals surface area (Å²) < 4.78 is 6.86. The van der Waals surface area contributed by atoms with Gasteiger partial charge in [0.2, 0.25) is 0 Å². The van der Waals surface area contributed by atoms with Crippen LogP contribution in [0.4, 0.5) is 0 Å². The lowest BCUT2D eigenvalue weighted by Crippen LogP contribution is -2.31. The molecular weight excluding hydrogens is 206 g/mol. The molecule has 1 aromatic heterocycles. The van der Waals surface area contributed by atoms with Gasteiger partial charge in [0.25, 0.3) is 0 Å². The van der Waals surface area contributed by atoms with E-state index >= 15 is 0 Å². The molecule has 1 aromatic rings. The second-order valence-electron chi connectivity index (χ2n) is 3.78. The summed E-state index contributed by atoms with van der Waals surface area (Å²) in [5, 5.41) is 16.3. The van der Waals surface area contributed by atoms with E-state index in [0.717, 1.165) is 25.1 Å². The zero-order valence-electron chi connectivity index (χ0n) is 10.0. The summed E-state index contributed by atoms with van der Waals surface area (Å²) >= 11 is 0. The van der Waals surface area contributed by atoms with Crippen molar-refractivity contribution in [1.82, 2.24) is 15.1 Å². The highest BCUT2D eigenvalue weighted by Gasteiger charge is 2.05. The number of nitrogens with one attached hydrogen (secondary N) is 1. The van der Waals surface area contributed by atoms with E-state index in [-0.39, 0.29) is 6.61 Å². The summed E-state index contributed by atoms with van der Waals surface area (Å²) in [7, 11) is 1.71. The van der Waals surface area contributed by atoms with Crippen molar-refractivity contribution in [3.8, 4) is 0 Å². The lowest BCUT2D eigenvalue weighted by Gasteiger charge is -2.14. The molecule has 2 N–H and O–H groups in total. The maximum atomic E-state index is 8.76. The highest BCUT2D eigenvalue weighted by atomic mass is 16.5. The van der Waals surface area contributed by atoms with Crippen LogP contribution < -0.4 is 5.32 Å². The predicted molar refractivity (Wildman–Crippen MR) is 62.1 cm³/mol. The number of aliphatic hydroxyl groups is 1. The van der Waals surface area contributed by atoms with Gasteiger partial charge < -0.3 is 15.2 Å². The van der Waals surface area contributed by atoms with Crippen LogP contribution in [0.25, 0.3) is 0 Å². The topological polar surface area (TPSA) is 59.3 Å². The summed E-state index contributed by atoms with van der Waals surface area (Å²) in [5.74, 6) is 0. The van der Waals surface area contributed by atoms with Gasteiger partial charge in [-0.3, -0.25) is 4.68 Å². The fourth-order valence-corrected chi connectivity index (χ4v) is 1.51. The third-order valence-electron chi connectivity index (χ3n) is 2.47. The van der Waals surface area contributed by atoms with Gasteiger partial charge in [0.15, 0.2) is 0 Å². The number of hydrogen-bond donors (Lipinski definition) is 2. The SMILES string of the molecule is CCC(COC)NCc1cnn(CCO)c1. The quantitative estimate of drug-likeness (QED) is 0.674. The minimum absolute atomic E-state index is 0.121. The first-order valence-corrected chi connectivity index (χ1v) is 5.64. The number of rotatable bonds is 8. The first-order valence-electron chi connectivity index (χ1n) is 5.64. The number of methoxy groups -OCH3 is 1. The van der Waals surface area contributed by atoms with Crippen LogP contribution in [0.1, 0.15) is 18.9 Å². The van der Waals surface area contributed by atoms with E-state index in [1.807, 2.05) is 12.4 Å². The molecule has 0 aliphatic heterocycles. The predicted octanol–water partition coefficient (Wildman–Crippen LogP) is 0.390. The van der Waals surface area contributed by atoms with Crippen LogP contribution in [0.15, 0.2) is 12.4 Å².